The minimum absolute atomic E-state index is 0.336. The van der Waals surface area contributed by atoms with Crippen molar-refractivity contribution in [2.24, 2.45) is 0 Å². The summed E-state index contributed by atoms with van der Waals surface area (Å²) in [6.45, 7) is 5.39. The Labute approximate surface area is 98.4 Å². The fourth-order valence-electron chi connectivity index (χ4n) is 1.39. The Bertz CT molecular complexity index is 568. The second kappa shape index (κ2) is 3.73. The van der Waals surface area contributed by atoms with Gasteiger partial charge in [0.2, 0.25) is 0 Å². The number of anilines is 1. The molecule has 2 heterocycles. The molecule has 0 aliphatic carbocycles. The molecule has 0 saturated carbocycles. The van der Waals surface area contributed by atoms with Gasteiger partial charge in [0, 0.05) is 17.6 Å². The summed E-state index contributed by atoms with van der Waals surface area (Å²) in [6, 6.07) is 1.59. The Kier molecular flexibility index (Phi) is 2.49. The number of carbonyl (C=O) groups excluding carboxylic acids is 1. The van der Waals surface area contributed by atoms with Crippen molar-refractivity contribution >= 4 is 22.8 Å². The van der Waals surface area contributed by atoms with Crippen molar-refractivity contribution in [2.75, 3.05) is 5.73 Å². The van der Waals surface area contributed by atoms with Crippen LogP contribution >= 0.6 is 0 Å². The molecule has 0 fully saturated rings. The zero-order chi connectivity index (χ0) is 12.6. The van der Waals surface area contributed by atoms with Gasteiger partial charge in [-0.3, -0.25) is 0 Å². The zero-order valence-electron chi connectivity index (χ0n) is 9.97. The SMILES string of the molecule is CC(C)(C)OC(=O)n1ncc2cnc(N)cc21. The summed E-state index contributed by atoms with van der Waals surface area (Å²) in [5.74, 6) is 0.336. The van der Waals surface area contributed by atoms with Crippen LogP contribution in [0.15, 0.2) is 18.5 Å². The summed E-state index contributed by atoms with van der Waals surface area (Å²) in [5, 5.41) is 4.71. The Hall–Kier alpha value is -2.11. The molecule has 0 spiro atoms. The minimum Gasteiger partial charge on any atom is -0.442 e. The molecule has 2 rings (SSSR count). The van der Waals surface area contributed by atoms with Gasteiger partial charge in [0.25, 0.3) is 0 Å². The quantitative estimate of drug-likeness (QED) is 0.751. The largest absolute Gasteiger partial charge is 0.442 e. The third-order valence-electron chi connectivity index (χ3n) is 2.04. The minimum atomic E-state index is -0.562. The van der Waals surface area contributed by atoms with Crippen LogP contribution in [0.5, 0.6) is 0 Å². The van der Waals surface area contributed by atoms with Crippen molar-refractivity contribution in [3.8, 4) is 0 Å². The highest BCUT2D eigenvalue weighted by Gasteiger charge is 2.20. The monoisotopic (exact) mass is 234 g/mol. The first-order valence-corrected chi connectivity index (χ1v) is 5.19. The topological polar surface area (TPSA) is 83.0 Å². The van der Waals surface area contributed by atoms with Crippen molar-refractivity contribution in [2.45, 2.75) is 26.4 Å². The first-order chi connectivity index (χ1) is 7.87. The van der Waals surface area contributed by atoms with E-state index in [2.05, 4.69) is 10.1 Å². The van der Waals surface area contributed by atoms with Crippen molar-refractivity contribution in [3.05, 3.63) is 18.5 Å². The molecule has 2 N–H and O–H groups in total. The van der Waals surface area contributed by atoms with Crippen molar-refractivity contribution in [1.82, 2.24) is 14.8 Å². The van der Waals surface area contributed by atoms with E-state index in [9.17, 15) is 4.79 Å². The van der Waals surface area contributed by atoms with Crippen LogP contribution in [0.3, 0.4) is 0 Å². The normalized spacial score (nSPS) is 11.7. The molecule has 0 saturated heterocycles. The average molecular weight is 234 g/mol. The van der Waals surface area contributed by atoms with Gasteiger partial charge in [0.05, 0.1) is 11.7 Å². The molecule has 0 bridgehead atoms. The van der Waals surface area contributed by atoms with Crippen LogP contribution in [-0.2, 0) is 4.74 Å². The van der Waals surface area contributed by atoms with E-state index >= 15 is 0 Å². The number of nitrogen functional groups attached to an aromatic ring is 1. The van der Waals surface area contributed by atoms with Gasteiger partial charge < -0.3 is 10.5 Å². The van der Waals surface area contributed by atoms with Gasteiger partial charge in [-0.25, -0.2) is 9.78 Å². The predicted molar refractivity (Wildman–Crippen MR) is 63.6 cm³/mol. The number of fused-ring (bicyclic) bond motifs is 1. The van der Waals surface area contributed by atoms with Crippen LogP contribution in [0, 0.1) is 0 Å². The van der Waals surface area contributed by atoms with Crippen LogP contribution in [0.2, 0.25) is 0 Å². The maximum absolute atomic E-state index is 11.9. The summed E-state index contributed by atoms with van der Waals surface area (Å²) >= 11 is 0. The van der Waals surface area contributed by atoms with Gasteiger partial charge >= 0.3 is 6.09 Å². The van der Waals surface area contributed by atoms with Crippen LogP contribution in [0.4, 0.5) is 10.6 Å². The number of hydrogen-bond acceptors (Lipinski definition) is 5. The lowest BCUT2D eigenvalue weighted by Crippen LogP contribution is -2.27. The highest BCUT2D eigenvalue weighted by Crippen LogP contribution is 2.16. The molecular weight excluding hydrogens is 220 g/mol. The number of carbonyl (C=O) groups is 1. The zero-order valence-corrected chi connectivity index (χ0v) is 9.97. The van der Waals surface area contributed by atoms with E-state index in [0.717, 1.165) is 5.39 Å². The van der Waals surface area contributed by atoms with Gasteiger partial charge in [-0.15, -0.1) is 0 Å². The number of pyridine rings is 1. The van der Waals surface area contributed by atoms with Gasteiger partial charge in [0.15, 0.2) is 0 Å². The number of nitrogens with two attached hydrogens (primary N) is 1. The molecule has 0 unspecified atom stereocenters. The Morgan fingerprint density at radius 1 is 1.41 bits per heavy atom. The summed E-state index contributed by atoms with van der Waals surface area (Å²) in [7, 11) is 0. The van der Waals surface area contributed by atoms with Crippen LogP contribution in [0.25, 0.3) is 10.9 Å². The first-order valence-electron chi connectivity index (χ1n) is 5.19. The first kappa shape index (κ1) is 11.4. The lowest BCUT2D eigenvalue weighted by Gasteiger charge is -2.19. The Morgan fingerprint density at radius 2 is 2.12 bits per heavy atom. The Morgan fingerprint density at radius 3 is 2.76 bits per heavy atom. The van der Waals surface area contributed by atoms with Crippen LogP contribution in [0.1, 0.15) is 20.8 Å². The number of ether oxygens (including phenoxy) is 1. The number of nitrogens with zero attached hydrogens (tertiary/aromatic N) is 3. The molecule has 90 valence electrons. The summed E-state index contributed by atoms with van der Waals surface area (Å²) in [6.07, 6.45) is 2.59. The summed E-state index contributed by atoms with van der Waals surface area (Å²) in [4.78, 5) is 15.8. The lowest BCUT2D eigenvalue weighted by atomic mass is 10.2. The predicted octanol–water partition coefficient (Wildman–Crippen LogP) is 1.80. The maximum Gasteiger partial charge on any atom is 0.435 e. The van der Waals surface area contributed by atoms with E-state index < -0.39 is 11.7 Å². The fourth-order valence-corrected chi connectivity index (χ4v) is 1.39. The average Bonchev–Trinajstić information content (AvgIpc) is 2.57. The molecule has 0 aromatic carbocycles. The molecule has 17 heavy (non-hydrogen) atoms. The lowest BCUT2D eigenvalue weighted by molar-refractivity contribution is 0.0523. The van der Waals surface area contributed by atoms with Crippen LogP contribution < -0.4 is 5.73 Å². The van der Waals surface area contributed by atoms with E-state index in [1.165, 1.54) is 4.68 Å². The molecule has 6 nitrogen and oxygen atoms in total. The molecule has 2 aromatic rings. The Balaban J connectivity index is 2.42. The molecule has 0 aliphatic rings. The highest BCUT2D eigenvalue weighted by atomic mass is 16.6. The smallest absolute Gasteiger partial charge is 0.435 e. The van der Waals surface area contributed by atoms with E-state index in [1.807, 2.05) is 0 Å². The second-order valence-corrected chi connectivity index (χ2v) is 4.70. The molecular formula is C11H14N4O2. The molecule has 0 amide bonds. The molecule has 0 radical (unpaired) electrons. The molecule has 6 heteroatoms. The second-order valence-electron chi connectivity index (χ2n) is 4.70. The van der Waals surface area contributed by atoms with Gasteiger partial charge in [-0.05, 0) is 20.8 Å². The number of rotatable bonds is 0. The maximum atomic E-state index is 11.9. The van der Waals surface area contributed by atoms with Crippen molar-refractivity contribution in [3.63, 3.8) is 0 Å². The number of hydrogen-bond donors (Lipinski definition) is 1. The third-order valence-corrected chi connectivity index (χ3v) is 2.04. The van der Waals surface area contributed by atoms with Gasteiger partial charge in [0.1, 0.15) is 11.4 Å². The van der Waals surface area contributed by atoms with Crippen LogP contribution in [-0.4, -0.2) is 26.5 Å². The van der Waals surface area contributed by atoms with E-state index in [0.29, 0.717) is 11.3 Å². The molecule has 0 aliphatic heterocycles. The van der Waals surface area contributed by atoms with Crippen molar-refractivity contribution in [1.29, 1.82) is 0 Å². The molecule has 0 atom stereocenters. The summed E-state index contributed by atoms with van der Waals surface area (Å²) in [5.41, 5.74) is 5.60. The fraction of sp³-hybridized carbons (Fsp3) is 0.364. The molecule has 2 aromatic heterocycles. The van der Waals surface area contributed by atoms with Gasteiger partial charge in [-0.2, -0.15) is 9.78 Å². The standard InChI is InChI=1S/C11H14N4O2/c1-11(2,3)17-10(16)15-8-4-9(12)13-5-7(8)6-14-15/h4-6H,1-3H3,(H2,12,13). The van der Waals surface area contributed by atoms with Crippen molar-refractivity contribution < 1.29 is 9.53 Å². The third kappa shape index (κ3) is 2.35. The number of aromatic nitrogens is 3. The van der Waals surface area contributed by atoms with E-state index in [1.54, 1.807) is 39.2 Å². The van der Waals surface area contributed by atoms with E-state index in [-0.39, 0.29) is 0 Å². The van der Waals surface area contributed by atoms with E-state index in [4.69, 9.17) is 10.5 Å². The highest BCUT2D eigenvalue weighted by molar-refractivity contribution is 5.88. The van der Waals surface area contributed by atoms with Gasteiger partial charge in [-0.1, -0.05) is 0 Å². The summed E-state index contributed by atoms with van der Waals surface area (Å²) < 4.78 is 6.41.